The Kier molecular flexibility index (Phi) is 24.3. The number of carboxylic acid groups (broad SMARTS) is 2. The second-order valence-electron chi connectivity index (χ2n) is 21.9. The number of aromatic nitrogens is 14. The number of aliphatic carboxylic acids is 2. The first-order valence-corrected chi connectivity index (χ1v) is 29.7. The number of anilines is 2. The van der Waals surface area contributed by atoms with Gasteiger partial charge < -0.3 is 52.1 Å². The summed E-state index contributed by atoms with van der Waals surface area (Å²) in [7, 11) is 0. The van der Waals surface area contributed by atoms with Crippen LogP contribution < -0.4 is 43.7 Å². The van der Waals surface area contributed by atoms with Crippen LogP contribution in [0.2, 0.25) is 0 Å². The number of hydrogen-bond donors (Lipinski definition) is 8. The normalized spacial score (nSPS) is 16.0. The number of nitrogens with zero attached hydrogens (tertiary/aromatic N) is 14. The van der Waals surface area contributed by atoms with Crippen LogP contribution in [0.1, 0.15) is 77.2 Å². The summed E-state index contributed by atoms with van der Waals surface area (Å²) in [4.78, 5) is 78.6. The van der Waals surface area contributed by atoms with Gasteiger partial charge >= 0.3 is 41.1 Å². The van der Waals surface area contributed by atoms with E-state index in [9.17, 15) is 33.5 Å². The molecule has 2 bridgehead atoms. The molecule has 0 saturated carbocycles. The lowest BCUT2D eigenvalue weighted by Gasteiger charge is -2.39. The molecule has 13 rings (SSSR count). The largest absolute Gasteiger partial charge is 0.473 e. The number of nitrogens with one attached hydrogen (secondary N) is 4. The zero-order valence-electron chi connectivity index (χ0n) is 53.5. The Bertz CT molecular complexity index is 4410. The molecule has 516 valence electrons. The first-order valence-electron chi connectivity index (χ1n) is 29.7. The minimum Gasteiger partial charge on any atom is -0.473 e. The van der Waals surface area contributed by atoms with Crippen LogP contribution in [0.3, 0.4) is 0 Å². The molecule has 4 unspecified atom stereocenters. The van der Waals surface area contributed by atoms with Crippen molar-refractivity contribution in [2.75, 3.05) is 23.8 Å². The van der Waals surface area contributed by atoms with Gasteiger partial charge in [-0.2, -0.15) is 15.3 Å². The minimum atomic E-state index is -1.82. The Hall–Kier alpha value is -11.5. The molecule has 3 aliphatic rings. The van der Waals surface area contributed by atoms with Crippen LogP contribution in [0, 0.1) is 61.2 Å². The van der Waals surface area contributed by atoms with E-state index in [0.717, 1.165) is 37.1 Å². The highest BCUT2D eigenvalue weighted by molar-refractivity contribution is 6.27. The number of halogens is 1. The van der Waals surface area contributed by atoms with E-state index in [-0.39, 0.29) is 60.0 Å². The average Bonchev–Trinajstić information content (AvgIpc) is 1.67. The van der Waals surface area contributed by atoms with E-state index < -0.39 is 30.2 Å². The number of aromatic amines is 1. The smallest absolute Gasteiger partial charge is 0.419 e. The molecule has 3 fully saturated rings. The van der Waals surface area contributed by atoms with Gasteiger partial charge in [0.1, 0.15) is 35.1 Å². The summed E-state index contributed by atoms with van der Waals surface area (Å²) < 4.78 is 61.4. The fourth-order valence-corrected chi connectivity index (χ4v) is 9.84. The maximum absolute atomic E-state index is 13.9. The number of hydrogen-bond acceptors (Lipinski definition) is 26. The molecule has 0 spiro atoms. The molecule has 3 amide bonds. The third-order valence-electron chi connectivity index (χ3n) is 14.2. The van der Waals surface area contributed by atoms with Crippen molar-refractivity contribution in [3.05, 3.63) is 174 Å². The molecule has 0 radical (unpaired) electrons. The molecule has 10 aromatic rings. The molecule has 37 nitrogen and oxygen atoms in total. The molecule has 3 aliphatic heterocycles. The summed E-state index contributed by atoms with van der Waals surface area (Å²) in [6, 6.07) is 23.8. The third kappa shape index (κ3) is 20.3. The summed E-state index contributed by atoms with van der Waals surface area (Å²) in [6.07, 6.45) is 2.67. The minimum absolute atomic E-state index is 0.0804. The van der Waals surface area contributed by atoms with Crippen LogP contribution >= 0.6 is 0 Å². The summed E-state index contributed by atoms with van der Waals surface area (Å²) >= 11 is 0. The number of rotatable bonds is 15. The van der Waals surface area contributed by atoms with E-state index in [1.165, 1.54) is 29.1 Å². The zero-order valence-corrected chi connectivity index (χ0v) is 53.5. The molecule has 8 aromatic heterocycles. The highest BCUT2D eigenvalue weighted by Gasteiger charge is 2.42. The van der Waals surface area contributed by atoms with Gasteiger partial charge in [0, 0.05) is 54.5 Å². The summed E-state index contributed by atoms with van der Waals surface area (Å²) in [5.74, 6) is 4.60. The van der Waals surface area contributed by atoms with Crippen molar-refractivity contribution in [3.63, 3.8) is 0 Å². The molecule has 97 heavy (non-hydrogen) atoms. The summed E-state index contributed by atoms with van der Waals surface area (Å²) in [5, 5.41) is 63.3. The van der Waals surface area contributed by atoms with Crippen LogP contribution in [0.4, 0.5) is 25.7 Å². The van der Waals surface area contributed by atoms with Crippen molar-refractivity contribution >= 4 is 35.8 Å². The van der Waals surface area contributed by atoms with E-state index >= 15 is 0 Å². The predicted octanol–water partition coefficient (Wildman–Crippen LogP) is 4.28. The number of aliphatic hydroxyl groups is 1. The number of para-hydroxylation sites is 1. The molecule has 2 aromatic carbocycles. The monoisotopic (exact) mass is 1350 g/mol. The maximum atomic E-state index is 13.9. The standard InChI is InChI=1S/C24H30FN5O4.C11H10N2O3.C10H12N4O3.C7H8N4O2.C5H8N4O2.C2H2O4/c1-15-9-23(34-27-15)30-16(2)26-29(24(30)32)13-20(31)12-28-18-7-8-19(28)11-21(10-18)33-14-17-5-3-4-6-22(17)25;1-8-7-10(16-13-8)12-11(14)15-9-5-3-2-4-6-9;1-6-3-9(17-12-6)14-7(2)11-13(10(14)15)4-8-5-16-8;1-4-3-6(13-10-4)11-5(2)8-9-7(11)12;1-3-2-4(11-9-3)7-5(10)8-6;3-1(4)2(5)6/h3-6,9,18-21,31H,7-8,10-14H2,1-2H3;2-7H,1H3,(H,12,14);3,8H,4-5H2,1-2H3;3H,1-2H3,(H,9,12);2H,6H2,1H3,(H2,7,8,10);(H,3,4)(H,5,6). The Balaban J connectivity index is 0.000000162. The van der Waals surface area contributed by atoms with Crippen LogP contribution in [0.15, 0.2) is 122 Å². The number of aryl methyl sites for hydroxylation is 8. The number of urea groups is 1. The molecule has 0 aliphatic carbocycles. The molecule has 9 N–H and O–H groups in total. The summed E-state index contributed by atoms with van der Waals surface area (Å²) in [6.45, 7) is 16.1. The van der Waals surface area contributed by atoms with E-state index in [4.69, 9.17) is 57.9 Å². The number of ether oxygens (including phenoxy) is 3. The number of hydrazine groups is 1. The average molecular weight is 1350 g/mol. The van der Waals surface area contributed by atoms with Gasteiger partial charge in [0.25, 0.3) is 0 Å². The van der Waals surface area contributed by atoms with Crippen molar-refractivity contribution < 1.29 is 75.7 Å². The van der Waals surface area contributed by atoms with E-state index in [2.05, 4.69) is 66.2 Å². The number of epoxide rings is 1. The number of H-pyrrole nitrogens is 1. The molecule has 38 heteroatoms. The fourth-order valence-electron chi connectivity index (χ4n) is 9.84. The van der Waals surface area contributed by atoms with Crippen LogP contribution in [0.25, 0.3) is 17.7 Å². The van der Waals surface area contributed by atoms with Gasteiger partial charge in [-0.1, -0.05) is 62.2 Å². The van der Waals surface area contributed by atoms with Gasteiger partial charge in [0.2, 0.25) is 29.4 Å². The lowest BCUT2D eigenvalue weighted by molar-refractivity contribution is -0.159. The molecule has 3 saturated heterocycles. The number of carbonyl (C=O) groups is 4. The van der Waals surface area contributed by atoms with Gasteiger partial charge in [0.05, 0.1) is 67.0 Å². The molecular formula is C59H70FN19O18. The lowest BCUT2D eigenvalue weighted by Crippen LogP contribution is -2.49. The Labute approximate surface area is 547 Å². The topological polar surface area (TPSA) is 486 Å². The maximum Gasteiger partial charge on any atom is 0.419 e. The second-order valence-corrected chi connectivity index (χ2v) is 21.9. The van der Waals surface area contributed by atoms with Crippen molar-refractivity contribution in [1.82, 2.24) is 79.6 Å². The molecule has 11 heterocycles. The van der Waals surface area contributed by atoms with Gasteiger partial charge in [-0.3, -0.25) is 21.0 Å². The van der Waals surface area contributed by atoms with Crippen LogP contribution in [-0.4, -0.2) is 157 Å². The van der Waals surface area contributed by atoms with Gasteiger partial charge in [-0.25, -0.2) is 72.0 Å². The van der Waals surface area contributed by atoms with E-state index in [0.29, 0.717) is 95.3 Å². The first kappa shape index (κ1) is 71.4. The predicted molar refractivity (Wildman–Crippen MR) is 332 cm³/mol. The van der Waals surface area contributed by atoms with Crippen LogP contribution in [0.5, 0.6) is 5.75 Å². The van der Waals surface area contributed by atoms with Crippen molar-refractivity contribution in [3.8, 4) is 23.4 Å². The Morgan fingerprint density at radius 1 is 0.649 bits per heavy atom. The quantitative estimate of drug-likeness (QED) is 0.0233. The fraction of sp³-hybridized carbons (Fsp3) is 0.373. The van der Waals surface area contributed by atoms with E-state index in [1.807, 2.05) is 17.6 Å². The van der Waals surface area contributed by atoms with Crippen LogP contribution in [-0.2, 0) is 38.8 Å². The van der Waals surface area contributed by atoms with E-state index in [1.54, 1.807) is 122 Å². The number of carbonyl (C=O) groups excluding carboxylic acids is 2. The number of benzene rings is 2. The second kappa shape index (κ2) is 33.1. The van der Waals surface area contributed by atoms with Crippen molar-refractivity contribution in [1.29, 1.82) is 0 Å². The Morgan fingerprint density at radius 2 is 1.13 bits per heavy atom. The first-order chi connectivity index (χ1) is 46.3. The molecule has 4 atom stereocenters. The van der Waals surface area contributed by atoms with Crippen molar-refractivity contribution in [2.24, 2.45) is 5.84 Å². The summed E-state index contributed by atoms with van der Waals surface area (Å²) in [5.41, 5.74) is 5.05. The van der Waals surface area contributed by atoms with Crippen molar-refractivity contribution in [2.45, 2.75) is 131 Å². The number of fused-ring (bicyclic) bond motifs is 2. The van der Waals surface area contributed by atoms with Gasteiger partial charge in [-0.05, 0) is 99.3 Å². The number of aliphatic hydroxyl groups excluding tert-OH is 1. The highest BCUT2D eigenvalue weighted by Crippen LogP contribution is 2.37. The number of piperidine rings is 1. The SMILES string of the molecule is Cc1cc(-n2c(C)n[nH]c2=O)on1.Cc1cc(-n2c(C)nn(CC(O)CN3C4CCC3CC(OCc3ccccc3F)C4)c2=O)on1.Cc1cc(-n2c(C)nn(CC3CO3)c2=O)on1.Cc1cc(NC(=O)NN)on1.Cc1cc(NC(=O)Oc2ccccc2)on1.O=C(O)C(=O)O. The third-order valence-corrected chi connectivity index (χ3v) is 14.2. The zero-order chi connectivity index (χ0) is 70.0. The van der Waals surface area contributed by atoms with Gasteiger partial charge in [0.15, 0.2) is 0 Å². The Morgan fingerprint density at radius 3 is 1.60 bits per heavy atom. The molecular weight excluding hydrogens is 1280 g/mol. The lowest BCUT2D eigenvalue weighted by atomic mass is 9.99. The van der Waals surface area contributed by atoms with Gasteiger partial charge in [-0.15, -0.1) is 0 Å². The number of carboxylic acids is 2. The number of nitrogens with two attached hydrogens (primary N) is 1. The number of amides is 3. The highest BCUT2D eigenvalue weighted by atomic mass is 19.1.